The Morgan fingerprint density at radius 2 is 1.79 bits per heavy atom. The van der Waals surface area contributed by atoms with E-state index in [9.17, 15) is 4.79 Å². The van der Waals surface area contributed by atoms with Gasteiger partial charge in [0.2, 0.25) is 11.6 Å². The lowest BCUT2D eigenvalue weighted by atomic mass is 9.56. The summed E-state index contributed by atoms with van der Waals surface area (Å²) >= 11 is 11.5. The first kappa shape index (κ1) is 22.4. The molecule has 6 nitrogen and oxygen atoms in total. The highest BCUT2D eigenvalue weighted by molar-refractivity contribution is 6.35. The van der Waals surface area contributed by atoms with Crippen molar-refractivity contribution < 1.29 is 24.0 Å². The summed E-state index contributed by atoms with van der Waals surface area (Å²) in [5, 5.41) is 4.30. The lowest BCUT2D eigenvalue weighted by Gasteiger charge is -2.49. The van der Waals surface area contributed by atoms with Gasteiger partial charge in [0.1, 0.15) is 6.10 Å². The average Bonchev–Trinajstić information content (AvgIpc) is 3.38. The Morgan fingerprint density at radius 1 is 1.06 bits per heavy atom. The van der Waals surface area contributed by atoms with Crippen molar-refractivity contribution in [2.24, 2.45) is 29.1 Å². The number of rotatable bonds is 3. The summed E-state index contributed by atoms with van der Waals surface area (Å²) < 4.78 is 11.9. The highest BCUT2D eigenvalue weighted by Crippen LogP contribution is 2.79. The first-order valence-corrected chi connectivity index (χ1v) is 13.0. The zero-order valence-corrected chi connectivity index (χ0v) is 20.4. The number of hydrogen-bond acceptors (Lipinski definition) is 6. The molecule has 1 heterocycles. The Bertz CT molecular complexity index is 919. The van der Waals surface area contributed by atoms with Gasteiger partial charge in [-0.3, -0.25) is 4.79 Å². The van der Waals surface area contributed by atoms with E-state index in [1.807, 2.05) is 0 Å². The summed E-state index contributed by atoms with van der Waals surface area (Å²) in [5.74, 6) is 1.58. The molecule has 1 aliphatic heterocycles. The molecule has 1 aromatic rings. The van der Waals surface area contributed by atoms with E-state index in [-0.39, 0.29) is 6.10 Å². The van der Waals surface area contributed by atoms with Crippen molar-refractivity contribution in [2.75, 3.05) is 12.4 Å². The van der Waals surface area contributed by atoms with Gasteiger partial charge in [-0.1, -0.05) is 23.2 Å². The molecule has 0 aromatic heterocycles. The molecule has 6 atom stereocenters. The summed E-state index contributed by atoms with van der Waals surface area (Å²) in [6.45, 7) is 0.547. The molecule has 8 heteroatoms. The molecule has 33 heavy (non-hydrogen) atoms. The zero-order valence-electron chi connectivity index (χ0n) is 18.9. The van der Waals surface area contributed by atoms with E-state index >= 15 is 0 Å². The monoisotopic (exact) mass is 495 g/mol. The maximum atomic E-state index is 10.7. The minimum atomic E-state index is -0.693. The van der Waals surface area contributed by atoms with Crippen molar-refractivity contribution in [1.29, 1.82) is 0 Å². The predicted molar refractivity (Wildman–Crippen MR) is 124 cm³/mol. The molecular weight excluding hydrogens is 465 g/mol. The molecule has 6 fully saturated rings. The molecule has 5 aliphatic carbocycles. The third-order valence-electron chi connectivity index (χ3n) is 9.46. The van der Waals surface area contributed by atoms with Gasteiger partial charge in [-0.25, -0.2) is 0 Å². The Labute approximate surface area is 204 Å². The van der Waals surface area contributed by atoms with Crippen LogP contribution < -0.4 is 5.32 Å². The van der Waals surface area contributed by atoms with Crippen LogP contribution in [0.15, 0.2) is 18.2 Å². The highest BCUT2D eigenvalue weighted by Gasteiger charge is 2.77. The number of nitrogens with one attached hydrogen (secondary N) is 1. The number of carbonyl (C=O) groups excluding carboxylic acids is 1. The van der Waals surface area contributed by atoms with Crippen LogP contribution in [0.1, 0.15) is 57.8 Å². The van der Waals surface area contributed by atoms with Crippen molar-refractivity contribution >= 4 is 35.4 Å². The van der Waals surface area contributed by atoms with E-state index in [1.54, 1.807) is 25.2 Å². The van der Waals surface area contributed by atoms with Gasteiger partial charge in [-0.2, -0.15) is 9.78 Å². The predicted octanol–water partition coefficient (Wildman–Crippen LogP) is 5.96. The fraction of sp³-hybridized carbons (Fsp3) is 0.720. The van der Waals surface area contributed by atoms with E-state index in [4.69, 9.17) is 42.5 Å². The number of ether oxygens (including phenoxy) is 2. The third kappa shape index (κ3) is 3.35. The number of anilines is 1. The topological polar surface area (TPSA) is 66.0 Å². The summed E-state index contributed by atoms with van der Waals surface area (Å²) in [5.41, 5.74) is 1.49. The van der Waals surface area contributed by atoms with Gasteiger partial charge in [0.25, 0.3) is 6.47 Å². The Balaban J connectivity index is 0.000000176. The average molecular weight is 496 g/mol. The minimum Gasteiger partial charge on any atom is -0.464 e. The summed E-state index contributed by atoms with van der Waals surface area (Å²) in [4.78, 5) is 22.6. The molecule has 0 radical (unpaired) electrons. The highest BCUT2D eigenvalue weighted by atomic mass is 35.5. The fourth-order valence-corrected chi connectivity index (χ4v) is 8.47. The second kappa shape index (κ2) is 7.99. The van der Waals surface area contributed by atoms with E-state index in [1.165, 1.54) is 32.1 Å². The molecular formula is C25H31Cl2NO5. The van der Waals surface area contributed by atoms with Crippen molar-refractivity contribution in [2.45, 2.75) is 75.5 Å². The van der Waals surface area contributed by atoms with Gasteiger partial charge in [-0.15, -0.1) is 0 Å². The summed E-state index contributed by atoms with van der Waals surface area (Å²) in [6.07, 6.45) is 9.65. The van der Waals surface area contributed by atoms with Gasteiger partial charge < -0.3 is 14.8 Å². The number of halogens is 2. The van der Waals surface area contributed by atoms with E-state index < -0.39 is 11.6 Å². The van der Waals surface area contributed by atoms with E-state index in [0.717, 1.165) is 36.8 Å². The molecule has 1 saturated heterocycles. The first-order valence-electron chi connectivity index (χ1n) is 12.2. The molecule has 7 rings (SSSR count). The molecule has 3 bridgehead atoms. The Kier molecular flexibility index (Phi) is 5.43. The summed E-state index contributed by atoms with van der Waals surface area (Å²) in [6, 6.07) is 5.30. The Hall–Kier alpha value is -1.05. The quantitative estimate of drug-likeness (QED) is 0.411. The Morgan fingerprint density at radius 3 is 2.45 bits per heavy atom. The molecule has 5 saturated carbocycles. The van der Waals surface area contributed by atoms with Crippen LogP contribution in [0.5, 0.6) is 0 Å². The number of benzene rings is 1. The van der Waals surface area contributed by atoms with E-state index in [2.05, 4.69) is 5.32 Å². The first-order chi connectivity index (χ1) is 15.9. The minimum absolute atomic E-state index is 0.108. The molecule has 1 N–H and O–H groups in total. The normalized spacial score (nSPS) is 46.0. The van der Waals surface area contributed by atoms with Crippen molar-refractivity contribution in [3.8, 4) is 0 Å². The standard InChI is InChI=1S/C18H24O5.C7H7Cl2N/c19-10-20-15-2-1-3-17(9-15)21-18(23-22-17)13-5-11-4-12-6-14(18)8-16(11,12)7-13;1-10-7-4-5(8)2-3-6(7)9/h10-15H,1-9H2;2-4,10H,1H3. The third-order valence-corrected chi connectivity index (χ3v) is 10.0. The van der Waals surface area contributed by atoms with Gasteiger partial charge in [0, 0.05) is 36.7 Å². The number of fused-ring (bicyclic) bond motifs is 4. The van der Waals surface area contributed by atoms with Crippen LogP contribution in [-0.2, 0) is 24.0 Å². The molecule has 6 unspecified atom stereocenters. The van der Waals surface area contributed by atoms with Gasteiger partial charge in [-0.05, 0) is 80.4 Å². The lowest BCUT2D eigenvalue weighted by molar-refractivity contribution is -0.376. The van der Waals surface area contributed by atoms with Crippen LogP contribution in [0.25, 0.3) is 0 Å². The SMILES string of the molecule is CNc1cc(Cl)ccc1Cl.O=COC1CCCC2(C1)OOC1(O2)C2CC3CC4CC1CC34C2. The molecule has 3 spiro atoms. The van der Waals surface area contributed by atoms with Crippen LogP contribution >= 0.6 is 23.2 Å². The van der Waals surface area contributed by atoms with Gasteiger partial charge >= 0.3 is 0 Å². The molecule has 1 aromatic carbocycles. The second-order valence-electron chi connectivity index (χ2n) is 10.9. The lowest BCUT2D eigenvalue weighted by Crippen LogP contribution is -2.50. The van der Waals surface area contributed by atoms with Crippen LogP contribution in [0.2, 0.25) is 10.0 Å². The maximum absolute atomic E-state index is 10.7. The van der Waals surface area contributed by atoms with Gasteiger partial charge in [0.05, 0.1) is 10.7 Å². The molecule has 0 amide bonds. The largest absolute Gasteiger partial charge is 0.464 e. The van der Waals surface area contributed by atoms with Crippen LogP contribution in [-0.4, -0.2) is 31.2 Å². The zero-order chi connectivity index (χ0) is 22.8. The van der Waals surface area contributed by atoms with Crippen LogP contribution in [0.3, 0.4) is 0 Å². The smallest absolute Gasteiger partial charge is 0.293 e. The van der Waals surface area contributed by atoms with E-state index in [0.29, 0.717) is 40.2 Å². The fourth-order valence-electron chi connectivity index (χ4n) is 8.09. The summed E-state index contributed by atoms with van der Waals surface area (Å²) in [7, 11) is 1.80. The number of hydrogen-bond donors (Lipinski definition) is 1. The number of carbonyl (C=O) groups is 1. The molecule has 180 valence electrons. The van der Waals surface area contributed by atoms with Crippen LogP contribution in [0.4, 0.5) is 5.69 Å². The van der Waals surface area contributed by atoms with Crippen molar-refractivity contribution in [1.82, 2.24) is 0 Å². The van der Waals surface area contributed by atoms with Crippen molar-refractivity contribution in [3.05, 3.63) is 28.2 Å². The van der Waals surface area contributed by atoms with Crippen LogP contribution in [0, 0.1) is 29.1 Å². The maximum Gasteiger partial charge on any atom is 0.293 e. The second-order valence-corrected chi connectivity index (χ2v) is 11.7. The van der Waals surface area contributed by atoms with Crippen molar-refractivity contribution in [3.63, 3.8) is 0 Å². The van der Waals surface area contributed by atoms with Gasteiger partial charge in [0.15, 0.2) is 0 Å². The molecule has 6 aliphatic rings.